The standard InChI is InChI=1S/C19H12Cl2F4N4O/c20-13-8-10(11-2-1-5-28-17(11)21)3-4-12(13)14(22)9-29-18(30)15-16(19(23,24)25)27-7-6-26-15/h1-8,14H,9H2,(H,29,30). The molecule has 2 aromatic heterocycles. The van der Waals surface area contributed by atoms with Crippen LogP contribution in [0, 0.1) is 0 Å². The monoisotopic (exact) mass is 458 g/mol. The van der Waals surface area contributed by atoms with Gasteiger partial charge < -0.3 is 5.32 Å². The number of rotatable bonds is 5. The van der Waals surface area contributed by atoms with Crippen molar-refractivity contribution in [2.24, 2.45) is 0 Å². The van der Waals surface area contributed by atoms with Gasteiger partial charge in [0.05, 0.1) is 6.54 Å². The van der Waals surface area contributed by atoms with Crippen LogP contribution in [-0.2, 0) is 6.18 Å². The van der Waals surface area contributed by atoms with E-state index in [4.69, 9.17) is 23.2 Å². The first-order chi connectivity index (χ1) is 14.2. The van der Waals surface area contributed by atoms with Gasteiger partial charge in [-0.25, -0.2) is 19.3 Å². The minimum atomic E-state index is -4.87. The van der Waals surface area contributed by atoms with Crippen LogP contribution in [0.15, 0.2) is 48.9 Å². The largest absolute Gasteiger partial charge is 0.435 e. The Balaban J connectivity index is 1.74. The molecule has 3 aromatic rings. The zero-order valence-corrected chi connectivity index (χ0v) is 16.4. The predicted octanol–water partition coefficient (Wildman–Crippen LogP) is 5.30. The van der Waals surface area contributed by atoms with E-state index in [2.05, 4.69) is 20.3 Å². The molecule has 0 aliphatic heterocycles. The summed E-state index contributed by atoms with van der Waals surface area (Å²) >= 11 is 12.2. The fraction of sp³-hybridized carbons (Fsp3) is 0.158. The number of pyridine rings is 1. The van der Waals surface area contributed by atoms with E-state index in [0.29, 0.717) is 11.1 Å². The molecule has 1 atom stereocenters. The molecular formula is C19H12Cl2F4N4O. The number of benzene rings is 1. The number of hydrogen-bond acceptors (Lipinski definition) is 4. The van der Waals surface area contributed by atoms with Crippen LogP contribution in [0.5, 0.6) is 0 Å². The number of carbonyl (C=O) groups is 1. The summed E-state index contributed by atoms with van der Waals surface area (Å²) in [5.74, 6) is -1.20. The van der Waals surface area contributed by atoms with Crippen LogP contribution < -0.4 is 5.32 Å². The summed E-state index contributed by atoms with van der Waals surface area (Å²) in [7, 11) is 0. The summed E-state index contributed by atoms with van der Waals surface area (Å²) in [5.41, 5.74) is -1.14. The van der Waals surface area contributed by atoms with Gasteiger partial charge in [-0.15, -0.1) is 0 Å². The van der Waals surface area contributed by atoms with Crippen molar-refractivity contribution < 1.29 is 22.4 Å². The zero-order valence-electron chi connectivity index (χ0n) is 14.9. The van der Waals surface area contributed by atoms with Crippen molar-refractivity contribution in [3.05, 3.63) is 76.0 Å². The van der Waals surface area contributed by atoms with Gasteiger partial charge in [0.1, 0.15) is 11.3 Å². The summed E-state index contributed by atoms with van der Waals surface area (Å²) in [4.78, 5) is 22.6. The third-order valence-electron chi connectivity index (χ3n) is 4.03. The Bertz CT molecular complexity index is 1080. The third kappa shape index (κ3) is 4.85. The van der Waals surface area contributed by atoms with Crippen molar-refractivity contribution in [1.29, 1.82) is 0 Å². The highest BCUT2D eigenvalue weighted by Gasteiger charge is 2.38. The predicted molar refractivity (Wildman–Crippen MR) is 103 cm³/mol. The maximum absolute atomic E-state index is 14.6. The molecule has 30 heavy (non-hydrogen) atoms. The molecule has 0 bridgehead atoms. The van der Waals surface area contributed by atoms with Gasteiger partial charge in [0, 0.05) is 34.7 Å². The van der Waals surface area contributed by atoms with Crippen LogP contribution in [0.1, 0.15) is 27.9 Å². The van der Waals surface area contributed by atoms with Gasteiger partial charge in [-0.3, -0.25) is 4.79 Å². The fourth-order valence-corrected chi connectivity index (χ4v) is 3.17. The van der Waals surface area contributed by atoms with Crippen LogP contribution >= 0.6 is 23.2 Å². The van der Waals surface area contributed by atoms with Gasteiger partial charge in [0.2, 0.25) is 0 Å². The lowest BCUT2D eigenvalue weighted by molar-refractivity contribution is -0.141. The smallest absolute Gasteiger partial charge is 0.347 e. The molecule has 5 nitrogen and oxygen atoms in total. The van der Waals surface area contributed by atoms with E-state index in [1.54, 1.807) is 18.2 Å². The Labute approximate surface area is 178 Å². The molecule has 0 fully saturated rings. The van der Waals surface area contributed by atoms with E-state index in [-0.39, 0.29) is 15.7 Å². The maximum atomic E-state index is 14.6. The number of amides is 1. The van der Waals surface area contributed by atoms with Crippen LogP contribution in [0.3, 0.4) is 0 Å². The Kier molecular flexibility index (Phi) is 6.52. The molecule has 1 N–H and O–H groups in total. The number of carbonyl (C=O) groups excluding carboxylic acids is 1. The molecule has 1 amide bonds. The number of halogens is 6. The molecule has 0 saturated carbocycles. The highest BCUT2D eigenvalue weighted by Crippen LogP contribution is 2.33. The van der Waals surface area contributed by atoms with Crippen molar-refractivity contribution in [3.63, 3.8) is 0 Å². The molecule has 0 radical (unpaired) electrons. The van der Waals surface area contributed by atoms with E-state index in [0.717, 1.165) is 12.4 Å². The highest BCUT2D eigenvalue weighted by atomic mass is 35.5. The Hall–Kier alpha value is -2.78. The minimum Gasteiger partial charge on any atom is -0.347 e. The molecule has 0 saturated heterocycles. The molecule has 1 aromatic carbocycles. The van der Waals surface area contributed by atoms with Crippen molar-refractivity contribution in [2.45, 2.75) is 12.3 Å². The van der Waals surface area contributed by atoms with Gasteiger partial charge in [-0.1, -0.05) is 35.3 Å². The van der Waals surface area contributed by atoms with E-state index in [9.17, 15) is 22.4 Å². The zero-order chi connectivity index (χ0) is 21.9. The number of nitrogens with zero attached hydrogens (tertiary/aromatic N) is 3. The van der Waals surface area contributed by atoms with Crippen molar-refractivity contribution in [2.75, 3.05) is 6.54 Å². The molecule has 11 heteroatoms. The second-order valence-corrected chi connectivity index (χ2v) is 6.77. The minimum absolute atomic E-state index is 0.0518. The molecule has 3 rings (SSSR count). The summed E-state index contributed by atoms with van der Waals surface area (Å²) in [6, 6.07) is 7.86. The van der Waals surface area contributed by atoms with Crippen molar-refractivity contribution >= 4 is 29.1 Å². The third-order valence-corrected chi connectivity index (χ3v) is 4.66. The number of hydrogen-bond donors (Lipinski definition) is 1. The summed E-state index contributed by atoms with van der Waals surface area (Å²) in [5, 5.41) is 2.39. The normalized spacial score (nSPS) is 12.5. The lowest BCUT2D eigenvalue weighted by atomic mass is 10.0. The Morgan fingerprint density at radius 2 is 1.80 bits per heavy atom. The van der Waals surface area contributed by atoms with Crippen molar-refractivity contribution in [3.8, 4) is 11.1 Å². The van der Waals surface area contributed by atoms with Crippen LogP contribution in [0.2, 0.25) is 10.2 Å². The first kappa shape index (κ1) is 21.9. The first-order valence-electron chi connectivity index (χ1n) is 8.39. The summed E-state index contributed by atoms with van der Waals surface area (Å²) < 4.78 is 53.5. The molecule has 0 aliphatic rings. The molecule has 1 unspecified atom stereocenters. The first-order valence-corrected chi connectivity index (χ1v) is 9.15. The Morgan fingerprint density at radius 3 is 2.47 bits per heavy atom. The molecular weight excluding hydrogens is 447 g/mol. The van der Waals surface area contributed by atoms with Crippen LogP contribution in [0.4, 0.5) is 17.6 Å². The average Bonchev–Trinajstić information content (AvgIpc) is 2.71. The van der Waals surface area contributed by atoms with Crippen molar-refractivity contribution in [1.82, 2.24) is 20.3 Å². The van der Waals surface area contributed by atoms with Gasteiger partial charge in [0.25, 0.3) is 5.91 Å². The number of nitrogens with one attached hydrogen (secondary N) is 1. The quantitative estimate of drug-likeness (QED) is 0.415. The lowest BCUT2D eigenvalue weighted by Crippen LogP contribution is -2.30. The van der Waals surface area contributed by atoms with E-state index in [1.165, 1.54) is 18.3 Å². The van der Waals surface area contributed by atoms with Crippen LogP contribution in [-0.4, -0.2) is 27.4 Å². The summed E-state index contributed by atoms with van der Waals surface area (Å²) in [6.07, 6.45) is -3.37. The molecule has 0 spiro atoms. The fourth-order valence-electron chi connectivity index (χ4n) is 2.64. The average molecular weight is 459 g/mol. The lowest BCUT2D eigenvalue weighted by Gasteiger charge is -2.14. The maximum Gasteiger partial charge on any atom is 0.435 e. The van der Waals surface area contributed by atoms with Crippen LogP contribution in [0.25, 0.3) is 11.1 Å². The molecule has 0 aliphatic carbocycles. The van der Waals surface area contributed by atoms with Gasteiger partial charge in [0.15, 0.2) is 11.4 Å². The van der Waals surface area contributed by atoms with Gasteiger partial charge >= 0.3 is 6.18 Å². The van der Waals surface area contributed by atoms with E-state index >= 15 is 0 Å². The second kappa shape index (κ2) is 8.93. The molecule has 2 heterocycles. The highest BCUT2D eigenvalue weighted by molar-refractivity contribution is 6.33. The SMILES string of the molecule is O=C(NCC(F)c1ccc(-c2cccnc2Cl)cc1Cl)c1nccnc1C(F)(F)F. The molecule has 156 valence electrons. The second-order valence-electron chi connectivity index (χ2n) is 6.01. The van der Waals surface area contributed by atoms with Gasteiger partial charge in [-0.05, 0) is 23.8 Å². The Morgan fingerprint density at radius 1 is 1.07 bits per heavy atom. The van der Waals surface area contributed by atoms with E-state index in [1.807, 2.05) is 0 Å². The van der Waals surface area contributed by atoms with E-state index < -0.39 is 36.2 Å². The summed E-state index contributed by atoms with van der Waals surface area (Å²) in [6.45, 7) is -0.612. The number of alkyl halides is 4. The number of aromatic nitrogens is 3. The van der Waals surface area contributed by atoms with Gasteiger partial charge in [-0.2, -0.15) is 13.2 Å². The topological polar surface area (TPSA) is 67.8 Å².